The van der Waals surface area contributed by atoms with E-state index < -0.39 is 35.6 Å². The van der Waals surface area contributed by atoms with Crippen molar-refractivity contribution in [1.29, 1.82) is 0 Å². The predicted octanol–water partition coefficient (Wildman–Crippen LogP) is 1.38. The number of β-lactam (4-membered cyclic amide) rings is 1. The van der Waals surface area contributed by atoms with Crippen molar-refractivity contribution in [3.8, 4) is 5.75 Å². The van der Waals surface area contributed by atoms with Crippen LogP contribution in [0.3, 0.4) is 0 Å². The number of anilines is 1. The second kappa shape index (κ2) is 8.31. The molecule has 2 atom stereocenters. The van der Waals surface area contributed by atoms with E-state index in [9.17, 15) is 19.2 Å². The quantitative estimate of drug-likeness (QED) is 0.547. The lowest BCUT2D eigenvalue weighted by atomic mass is 9.94. The number of carbonyl (C=O) groups excluding carboxylic acids is 4. The number of nitrogens with zero attached hydrogens (tertiary/aromatic N) is 2. The fraction of sp³-hybridized carbons (Fsp3) is 0.500. The molecule has 1 aromatic carbocycles. The van der Waals surface area contributed by atoms with Crippen LogP contribution in [0, 0.1) is 0 Å². The van der Waals surface area contributed by atoms with Crippen molar-refractivity contribution >= 4 is 29.5 Å². The second-order valence-corrected chi connectivity index (χ2v) is 7.98. The number of carbonyl (C=O) groups is 4. The van der Waals surface area contributed by atoms with Crippen LogP contribution in [0.1, 0.15) is 33.6 Å². The zero-order valence-corrected chi connectivity index (χ0v) is 17.3. The summed E-state index contributed by atoms with van der Waals surface area (Å²) >= 11 is 0. The van der Waals surface area contributed by atoms with Gasteiger partial charge in [0, 0.05) is 18.5 Å². The van der Waals surface area contributed by atoms with Gasteiger partial charge in [0.25, 0.3) is 17.7 Å². The van der Waals surface area contributed by atoms with Gasteiger partial charge in [0.05, 0.1) is 19.8 Å². The third-order valence-corrected chi connectivity index (χ3v) is 4.62. The van der Waals surface area contributed by atoms with E-state index in [2.05, 4.69) is 5.32 Å². The molecule has 0 aliphatic carbocycles. The van der Waals surface area contributed by atoms with Gasteiger partial charge in [-0.05, 0) is 45.0 Å². The standard InChI is InChI=1S/C20H25N3O7/c1-20(2,3)30-19(27)21-17-14(11-29-23-15(24)9-10-16(23)25)22(18(17)26)12-5-7-13(28-4)8-6-12/h5-8,14,17H,9-11H2,1-4H3,(H,21,27)/t14-,17+/m1/s1. The Bertz CT molecular complexity index is 831. The molecule has 0 unspecified atom stereocenters. The molecule has 2 fully saturated rings. The summed E-state index contributed by atoms with van der Waals surface area (Å²) in [6.45, 7) is 4.98. The summed E-state index contributed by atoms with van der Waals surface area (Å²) in [7, 11) is 1.53. The predicted molar refractivity (Wildman–Crippen MR) is 104 cm³/mol. The van der Waals surface area contributed by atoms with E-state index in [0.29, 0.717) is 11.4 Å². The molecule has 0 bridgehead atoms. The second-order valence-electron chi connectivity index (χ2n) is 7.98. The van der Waals surface area contributed by atoms with Crippen LogP contribution in [0.4, 0.5) is 10.5 Å². The van der Waals surface area contributed by atoms with Crippen LogP contribution in [-0.4, -0.2) is 60.3 Å². The van der Waals surface area contributed by atoms with Crippen molar-refractivity contribution in [2.75, 3.05) is 18.6 Å². The molecule has 162 valence electrons. The topological polar surface area (TPSA) is 114 Å². The van der Waals surface area contributed by atoms with Gasteiger partial charge in [0.15, 0.2) is 0 Å². The molecule has 2 aliphatic heterocycles. The first-order valence-electron chi connectivity index (χ1n) is 9.56. The SMILES string of the molecule is COc1ccc(N2C(=O)[C@@H](NC(=O)OC(C)(C)C)[C@H]2CON2C(=O)CCC2=O)cc1. The molecule has 2 aliphatic rings. The average Bonchev–Trinajstić information content (AvgIpc) is 3.00. The van der Waals surface area contributed by atoms with Gasteiger partial charge in [0.2, 0.25) is 0 Å². The largest absolute Gasteiger partial charge is 0.497 e. The van der Waals surface area contributed by atoms with E-state index in [4.69, 9.17) is 14.3 Å². The lowest BCUT2D eigenvalue weighted by Gasteiger charge is -2.46. The fourth-order valence-corrected chi connectivity index (χ4v) is 3.22. The highest BCUT2D eigenvalue weighted by atomic mass is 16.7. The first-order chi connectivity index (χ1) is 14.1. The van der Waals surface area contributed by atoms with E-state index in [1.807, 2.05) is 0 Å². The normalized spacial score (nSPS) is 21.5. The zero-order chi connectivity index (χ0) is 22.1. The monoisotopic (exact) mass is 419 g/mol. The summed E-state index contributed by atoms with van der Waals surface area (Å²) in [5.41, 5.74) is -0.164. The maximum atomic E-state index is 12.8. The van der Waals surface area contributed by atoms with E-state index in [0.717, 1.165) is 5.06 Å². The van der Waals surface area contributed by atoms with Gasteiger partial charge in [-0.1, -0.05) is 0 Å². The summed E-state index contributed by atoms with van der Waals surface area (Å²) < 4.78 is 10.4. The van der Waals surface area contributed by atoms with Crippen molar-refractivity contribution in [1.82, 2.24) is 10.4 Å². The maximum Gasteiger partial charge on any atom is 0.408 e. The molecular weight excluding hydrogens is 394 g/mol. The zero-order valence-electron chi connectivity index (χ0n) is 17.3. The molecule has 3 rings (SSSR count). The molecule has 10 nitrogen and oxygen atoms in total. The first kappa shape index (κ1) is 21.6. The Kier molecular flexibility index (Phi) is 5.97. The van der Waals surface area contributed by atoms with Crippen LogP contribution in [0.5, 0.6) is 5.75 Å². The third kappa shape index (κ3) is 4.54. The minimum absolute atomic E-state index is 0.0875. The third-order valence-electron chi connectivity index (χ3n) is 4.62. The van der Waals surface area contributed by atoms with Gasteiger partial charge in [-0.2, -0.15) is 5.06 Å². The Morgan fingerprint density at radius 3 is 2.23 bits per heavy atom. The molecule has 4 amide bonds. The number of nitrogens with one attached hydrogen (secondary N) is 1. The molecule has 0 radical (unpaired) electrons. The highest BCUT2D eigenvalue weighted by molar-refractivity contribution is 6.07. The highest BCUT2D eigenvalue weighted by Crippen LogP contribution is 2.31. The molecule has 2 heterocycles. The molecule has 2 saturated heterocycles. The smallest absolute Gasteiger partial charge is 0.408 e. The van der Waals surface area contributed by atoms with Crippen molar-refractivity contribution in [3.63, 3.8) is 0 Å². The van der Waals surface area contributed by atoms with Crippen LogP contribution >= 0.6 is 0 Å². The number of hydrogen-bond donors (Lipinski definition) is 1. The molecule has 1 N–H and O–H groups in total. The van der Waals surface area contributed by atoms with Crippen LogP contribution in [0.25, 0.3) is 0 Å². The fourth-order valence-electron chi connectivity index (χ4n) is 3.22. The maximum absolute atomic E-state index is 12.8. The summed E-state index contributed by atoms with van der Waals surface area (Å²) in [5.74, 6) is -0.605. The van der Waals surface area contributed by atoms with Gasteiger partial charge >= 0.3 is 6.09 Å². The molecule has 0 aromatic heterocycles. The highest BCUT2D eigenvalue weighted by Gasteiger charge is 2.50. The van der Waals surface area contributed by atoms with Crippen LogP contribution < -0.4 is 15.0 Å². The van der Waals surface area contributed by atoms with Crippen molar-refractivity contribution in [2.45, 2.75) is 51.3 Å². The summed E-state index contributed by atoms with van der Waals surface area (Å²) in [4.78, 5) is 55.4. The number of hydroxylamine groups is 2. The Balaban J connectivity index is 1.75. The van der Waals surface area contributed by atoms with Crippen molar-refractivity contribution in [2.24, 2.45) is 0 Å². The Morgan fingerprint density at radius 2 is 1.70 bits per heavy atom. The number of hydrogen-bond acceptors (Lipinski definition) is 7. The van der Waals surface area contributed by atoms with Gasteiger partial charge in [-0.15, -0.1) is 0 Å². The van der Waals surface area contributed by atoms with Gasteiger partial charge in [-0.3, -0.25) is 19.2 Å². The van der Waals surface area contributed by atoms with Gasteiger partial charge in [0.1, 0.15) is 17.4 Å². The molecule has 0 spiro atoms. The first-order valence-corrected chi connectivity index (χ1v) is 9.56. The summed E-state index contributed by atoms with van der Waals surface area (Å²) in [5, 5.41) is 3.27. The lowest BCUT2D eigenvalue weighted by molar-refractivity contribution is -0.190. The minimum atomic E-state index is -0.922. The summed E-state index contributed by atoms with van der Waals surface area (Å²) in [6.07, 6.45) is -0.567. The number of benzene rings is 1. The van der Waals surface area contributed by atoms with E-state index in [1.54, 1.807) is 45.0 Å². The Hall–Kier alpha value is -3.14. The Labute approximate surface area is 174 Å². The van der Waals surface area contributed by atoms with Crippen molar-refractivity contribution in [3.05, 3.63) is 24.3 Å². The number of rotatable bonds is 6. The van der Waals surface area contributed by atoms with E-state index in [1.165, 1.54) is 12.0 Å². The lowest BCUT2D eigenvalue weighted by Crippen LogP contribution is -2.73. The van der Waals surface area contributed by atoms with Crippen LogP contribution in [0.15, 0.2) is 24.3 Å². The summed E-state index contributed by atoms with van der Waals surface area (Å²) in [6, 6.07) is 5.22. The van der Waals surface area contributed by atoms with Gasteiger partial charge < -0.3 is 19.7 Å². The van der Waals surface area contributed by atoms with E-state index in [-0.39, 0.29) is 25.4 Å². The molecule has 1 aromatic rings. The number of imide groups is 1. The molecule has 30 heavy (non-hydrogen) atoms. The molecule has 10 heteroatoms. The molecule has 0 saturated carbocycles. The van der Waals surface area contributed by atoms with Crippen molar-refractivity contribution < 1.29 is 33.5 Å². The number of amides is 4. The van der Waals surface area contributed by atoms with Gasteiger partial charge in [-0.25, -0.2) is 4.79 Å². The average molecular weight is 419 g/mol. The number of methoxy groups -OCH3 is 1. The Morgan fingerprint density at radius 1 is 1.10 bits per heavy atom. The van der Waals surface area contributed by atoms with Crippen LogP contribution in [0.2, 0.25) is 0 Å². The number of ether oxygens (including phenoxy) is 2. The number of alkyl carbamates (subject to hydrolysis) is 1. The molecular formula is C20H25N3O7. The minimum Gasteiger partial charge on any atom is -0.497 e. The van der Waals surface area contributed by atoms with Crippen LogP contribution in [-0.2, 0) is 24.0 Å². The van der Waals surface area contributed by atoms with E-state index >= 15 is 0 Å².